The molecule has 0 bridgehead atoms. The van der Waals surface area contributed by atoms with Gasteiger partial charge in [-0.1, -0.05) is 18.2 Å². The van der Waals surface area contributed by atoms with Crippen molar-refractivity contribution in [2.45, 2.75) is 67.4 Å². The predicted molar refractivity (Wildman–Crippen MR) is 80.0 cm³/mol. The van der Waals surface area contributed by atoms with Gasteiger partial charge >= 0.3 is 5.97 Å². The molecule has 6 nitrogen and oxygen atoms in total. The molecule has 1 saturated carbocycles. The van der Waals surface area contributed by atoms with E-state index in [0.29, 0.717) is 18.1 Å². The summed E-state index contributed by atoms with van der Waals surface area (Å²) in [6, 6.07) is 0. The molecule has 1 fully saturated rings. The third kappa shape index (κ3) is 2.94. The molecule has 2 N–H and O–H groups in total. The van der Waals surface area contributed by atoms with E-state index in [-0.39, 0.29) is 5.97 Å². The Bertz CT molecular complexity index is 533. The van der Waals surface area contributed by atoms with Crippen LogP contribution < -0.4 is 5.73 Å². The smallest absolute Gasteiger partial charge is 0.325 e. The first-order valence-electron chi connectivity index (χ1n) is 7.58. The number of aromatic nitrogens is 3. The highest BCUT2D eigenvalue weighted by Gasteiger charge is 2.43. The van der Waals surface area contributed by atoms with Crippen LogP contribution in [-0.4, -0.2) is 38.6 Å². The molecule has 1 aromatic heterocycles. The van der Waals surface area contributed by atoms with Gasteiger partial charge in [0.2, 0.25) is 0 Å². The number of aryl methyl sites for hydroxylation is 1. The van der Waals surface area contributed by atoms with E-state index in [2.05, 4.69) is 14.8 Å². The maximum absolute atomic E-state index is 11.8. The minimum Gasteiger partial charge on any atom is -0.468 e. The molecule has 0 amide bonds. The van der Waals surface area contributed by atoms with E-state index in [9.17, 15) is 4.79 Å². The second kappa shape index (κ2) is 5.96. The van der Waals surface area contributed by atoms with E-state index in [0.717, 1.165) is 30.4 Å². The molecule has 3 rings (SSSR count). The highest BCUT2D eigenvalue weighted by atomic mass is 32.2. The van der Waals surface area contributed by atoms with Crippen LogP contribution >= 0.6 is 11.8 Å². The zero-order valence-corrected chi connectivity index (χ0v) is 13.2. The van der Waals surface area contributed by atoms with Gasteiger partial charge in [0.1, 0.15) is 11.4 Å². The number of methoxy groups -OCH3 is 1. The third-order valence-electron chi connectivity index (χ3n) is 4.44. The summed E-state index contributed by atoms with van der Waals surface area (Å²) in [6.07, 6.45) is 6.89. The van der Waals surface area contributed by atoms with E-state index in [1.54, 1.807) is 11.8 Å². The minimum absolute atomic E-state index is 0.300. The number of hydrogen-bond donors (Lipinski definition) is 1. The number of carbonyl (C=O) groups is 1. The molecule has 116 valence electrons. The maximum atomic E-state index is 11.8. The monoisotopic (exact) mass is 310 g/mol. The number of thioether (sulfide) groups is 1. The molecule has 0 spiro atoms. The molecule has 0 aromatic carbocycles. The van der Waals surface area contributed by atoms with Crippen LogP contribution in [0.4, 0.5) is 0 Å². The predicted octanol–water partition coefficient (Wildman–Crippen LogP) is 1.52. The largest absolute Gasteiger partial charge is 0.468 e. The van der Waals surface area contributed by atoms with Gasteiger partial charge in [0.15, 0.2) is 5.16 Å². The van der Waals surface area contributed by atoms with E-state index in [4.69, 9.17) is 10.5 Å². The van der Waals surface area contributed by atoms with Crippen molar-refractivity contribution in [2.75, 3.05) is 7.11 Å². The zero-order chi connectivity index (χ0) is 14.9. The number of fused-ring (bicyclic) bond motifs is 1. The van der Waals surface area contributed by atoms with Crippen LogP contribution in [0, 0.1) is 0 Å². The summed E-state index contributed by atoms with van der Waals surface area (Å²) >= 11 is 1.71. The lowest BCUT2D eigenvalue weighted by molar-refractivity contribution is -0.146. The molecule has 7 heteroatoms. The zero-order valence-electron chi connectivity index (χ0n) is 12.4. The number of ether oxygens (including phenoxy) is 1. The Kier molecular flexibility index (Phi) is 4.21. The lowest BCUT2D eigenvalue weighted by Crippen LogP contribution is -2.46. The van der Waals surface area contributed by atoms with E-state index >= 15 is 0 Å². The lowest BCUT2D eigenvalue weighted by Gasteiger charge is -2.20. The number of carbonyl (C=O) groups excluding carboxylic acids is 1. The Balaban J connectivity index is 1.68. The van der Waals surface area contributed by atoms with Crippen molar-refractivity contribution in [3.63, 3.8) is 0 Å². The van der Waals surface area contributed by atoms with Crippen LogP contribution in [0.15, 0.2) is 5.16 Å². The first kappa shape index (κ1) is 14.8. The molecule has 1 aromatic rings. The average Bonchev–Trinajstić information content (AvgIpc) is 2.95. The maximum Gasteiger partial charge on any atom is 0.325 e. The van der Waals surface area contributed by atoms with Crippen LogP contribution in [-0.2, 0) is 22.5 Å². The van der Waals surface area contributed by atoms with Gasteiger partial charge in [-0.05, 0) is 32.1 Å². The Morgan fingerprint density at radius 1 is 1.43 bits per heavy atom. The Hall–Kier alpha value is -1.08. The molecule has 21 heavy (non-hydrogen) atoms. The summed E-state index contributed by atoms with van der Waals surface area (Å²) in [7, 11) is 1.40. The minimum atomic E-state index is -0.825. The topological polar surface area (TPSA) is 83.0 Å². The van der Waals surface area contributed by atoms with Crippen molar-refractivity contribution in [3.05, 3.63) is 5.82 Å². The van der Waals surface area contributed by atoms with Gasteiger partial charge in [0.05, 0.1) is 7.11 Å². The van der Waals surface area contributed by atoms with Crippen molar-refractivity contribution in [2.24, 2.45) is 5.73 Å². The Labute approximate surface area is 128 Å². The van der Waals surface area contributed by atoms with Crippen LogP contribution in [0.2, 0.25) is 0 Å². The molecule has 0 radical (unpaired) electrons. The third-order valence-corrected chi connectivity index (χ3v) is 5.69. The van der Waals surface area contributed by atoms with E-state index < -0.39 is 5.54 Å². The Morgan fingerprint density at radius 3 is 3.10 bits per heavy atom. The van der Waals surface area contributed by atoms with Gasteiger partial charge in [0, 0.05) is 18.2 Å². The fourth-order valence-electron chi connectivity index (χ4n) is 3.21. The summed E-state index contributed by atoms with van der Waals surface area (Å²) in [5, 5.41) is 9.94. The first-order valence-corrected chi connectivity index (χ1v) is 8.46. The molecule has 2 heterocycles. The molecule has 2 unspecified atom stereocenters. The number of nitrogens with zero attached hydrogens (tertiary/aromatic N) is 3. The van der Waals surface area contributed by atoms with Crippen LogP contribution in [0.5, 0.6) is 0 Å². The standard InChI is InChI=1S/C14H22N4O2S/c1-20-12(19)14(15)7-6-10(9-14)21-13-17-16-11-5-3-2-4-8-18(11)13/h10H,2-9,15H2,1H3. The van der Waals surface area contributed by atoms with E-state index in [1.165, 1.54) is 26.4 Å². The molecular weight excluding hydrogens is 288 g/mol. The molecule has 2 atom stereocenters. The number of esters is 1. The summed E-state index contributed by atoms with van der Waals surface area (Å²) in [5.74, 6) is 0.797. The van der Waals surface area contributed by atoms with Gasteiger partial charge < -0.3 is 15.0 Å². The van der Waals surface area contributed by atoms with Crippen LogP contribution in [0.3, 0.4) is 0 Å². The number of rotatable bonds is 3. The van der Waals surface area contributed by atoms with Crippen molar-refractivity contribution in [1.29, 1.82) is 0 Å². The highest BCUT2D eigenvalue weighted by molar-refractivity contribution is 7.99. The average molecular weight is 310 g/mol. The normalized spacial score (nSPS) is 29.0. The summed E-state index contributed by atoms with van der Waals surface area (Å²) in [6.45, 7) is 1.00. The SMILES string of the molecule is COC(=O)C1(N)CCC(Sc2nnc3n2CCCCC3)C1. The second-order valence-electron chi connectivity index (χ2n) is 5.99. The van der Waals surface area contributed by atoms with Crippen molar-refractivity contribution in [3.8, 4) is 0 Å². The lowest BCUT2D eigenvalue weighted by atomic mass is 10.00. The van der Waals surface area contributed by atoms with Gasteiger partial charge in [-0.2, -0.15) is 0 Å². The molecule has 1 aliphatic carbocycles. The van der Waals surface area contributed by atoms with Crippen LogP contribution in [0.25, 0.3) is 0 Å². The number of hydrogen-bond acceptors (Lipinski definition) is 6. The Morgan fingerprint density at radius 2 is 2.29 bits per heavy atom. The second-order valence-corrected chi connectivity index (χ2v) is 7.26. The van der Waals surface area contributed by atoms with E-state index in [1.807, 2.05) is 0 Å². The summed E-state index contributed by atoms with van der Waals surface area (Å²) < 4.78 is 7.06. The molecular formula is C14H22N4O2S. The summed E-state index contributed by atoms with van der Waals surface area (Å²) in [4.78, 5) is 11.8. The molecule has 0 saturated heterocycles. The van der Waals surface area contributed by atoms with Crippen molar-refractivity contribution >= 4 is 17.7 Å². The quantitative estimate of drug-likeness (QED) is 0.852. The highest BCUT2D eigenvalue weighted by Crippen LogP contribution is 2.39. The van der Waals surface area contributed by atoms with Crippen LogP contribution in [0.1, 0.15) is 44.3 Å². The first-order chi connectivity index (χ1) is 10.1. The van der Waals surface area contributed by atoms with Crippen molar-refractivity contribution < 1.29 is 9.53 Å². The molecule has 2 aliphatic rings. The fraction of sp³-hybridized carbons (Fsp3) is 0.786. The number of nitrogens with two attached hydrogens (primary N) is 1. The van der Waals surface area contributed by atoms with Crippen molar-refractivity contribution in [1.82, 2.24) is 14.8 Å². The molecule has 1 aliphatic heterocycles. The van der Waals surface area contributed by atoms with Gasteiger partial charge in [-0.3, -0.25) is 4.79 Å². The van der Waals surface area contributed by atoms with Gasteiger partial charge in [0.25, 0.3) is 0 Å². The summed E-state index contributed by atoms with van der Waals surface area (Å²) in [5.41, 5.74) is 5.34. The van der Waals surface area contributed by atoms with Gasteiger partial charge in [-0.15, -0.1) is 10.2 Å². The fourth-order valence-corrected chi connectivity index (χ4v) is 4.54. The van der Waals surface area contributed by atoms with Gasteiger partial charge in [-0.25, -0.2) is 0 Å².